The number of hydrazine groups is 1. The van der Waals surface area contributed by atoms with Crippen molar-refractivity contribution in [2.45, 2.75) is 38.3 Å². The van der Waals surface area contributed by atoms with Crippen molar-refractivity contribution in [3.63, 3.8) is 0 Å². The Labute approximate surface area is 218 Å². The highest BCUT2D eigenvalue weighted by Gasteiger charge is 2.29. The molecule has 0 atom stereocenters. The Bertz CT molecular complexity index is 1230. The Hall–Kier alpha value is -3.44. The second kappa shape index (κ2) is 10.9. The van der Waals surface area contributed by atoms with Crippen LogP contribution >= 0.6 is 0 Å². The van der Waals surface area contributed by atoms with Crippen LogP contribution < -0.4 is 21.1 Å². The number of likely N-dealkylation sites (N-methyl/N-ethyl adjacent to an activating group) is 2. The molecule has 3 aromatic rings. The van der Waals surface area contributed by atoms with Gasteiger partial charge in [-0.1, -0.05) is 18.9 Å². The molecule has 5 rings (SSSR count). The summed E-state index contributed by atoms with van der Waals surface area (Å²) in [7, 11) is 6.20. The molecule has 1 saturated carbocycles. The van der Waals surface area contributed by atoms with Crippen LogP contribution in [0.1, 0.15) is 36.0 Å². The molecule has 1 aliphatic heterocycles. The molecule has 3 N–H and O–H groups in total. The van der Waals surface area contributed by atoms with Crippen LogP contribution in [0, 0.1) is 0 Å². The molecule has 2 fully saturated rings. The highest BCUT2D eigenvalue weighted by atomic mass is 16.2. The van der Waals surface area contributed by atoms with Crippen LogP contribution in [-0.2, 0) is 6.54 Å². The molecule has 2 aliphatic rings. The Balaban J connectivity index is 1.43. The van der Waals surface area contributed by atoms with Crippen LogP contribution in [0.3, 0.4) is 0 Å². The van der Waals surface area contributed by atoms with E-state index in [0.717, 1.165) is 70.6 Å². The van der Waals surface area contributed by atoms with E-state index in [1.807, 2.05) is 41.9 Å². The predicted octanol–water partition coefficient (Wildman–Crippen LogP) is 1.82. The van der Waals surface area contributed by atoms with Gasteiger partial charge >= 0.3 is 0 Å². The van der Waals surface area contributed by atoms with E-state index in [2.05, 4.69) is 48.2 Å². The molecule has 0 spiro atoms. The first-order valence-corrected chi connectivity index (χ1v) is 13.2. The summed E-state index contributed by atoms with van der Waals surface area (Å²) in [5.41, 5.74) is 12.4. The zero-order valence-corrected chi connectivity index (χ0v) is 22.1. The first-order chi connectivity index (χ1) is 17.9. The maximum absolute atomic E-state index is 13.6. The number of aromatic nitrogens is 4. The van der Waals surface area contributed by atoms with Gasteiger partial charge < -0.3 is 25.0 Å². The molecule has 37 heavy (non-hydrogen) atoms. The number of fused-ring (bicyclic) bond motifs is 1. The smallest absolute Gasteiger partial charge is 0.269 e. The number of nitrogens with two attached hydrogens (primary N) is 1. The quantitative estimate of drug-likeness (QED) is 0.442. The number of nitrogen functional groups attached to an aromatic ring is 1. The van der Waals surface area contributed by atoms with Crippen molar-refractivity contribution in [2.24, 2.45) is 0 Å². The fraction of sp³-hybridized carbons (Fsp3) is 0.538. The minimum absolute atomic E-state index is 0.120. The number of imidazole rings is 1. The zero-order chi connectivity index (χ0) is 25.9. The second-order valence-electron chi connectivity index (χ2n) is 10.4. The predicted molar refractivity (Wildman–Crippen MR) is 147 cm³/mol. The van der Waals surface area contributed by atoms with Crippen LogP contribution in [0.15, 0.2) is 30.6 Å². The lowest BCUT2D eigenvalue weighted by atomic mass is 10.1. The van der Waals surface area contributed by atoms with Crippen LogP contribution in [-0.4, -0.2) is 95.1 Å². The number of nitrogens with one attached hydrogen (secondary N) is 1. The summed E-state index contributed by atoms with van der Waals surface area (Å²) in [6.45, 7) is 5.50. The Morgan fingerprint density at radius 1 is 1.14 bits per heavy atom. The summed E-state index contributed by atoms with van der Waals surface area (Å²) >= 11 is 0. The maximum Gasteiger partial charge on any atom is 0.269 e. The van der Waals surface area contributed by atoms with Crippen LogP contribution in [0.25, 0.3) is 11.2 Å². The lowest BCUT2D eigenvalue weighted by Gasteiger charge is -2.34. The topological polar surface area (TPSA) is 112 Å². The standard InChI is InChI=1S/C26H38N10O/c1-32(2)11-14-35-18-28-22-23(35)29-26(27)30-24(22)36(20-8-4-5-9-20)31-25(37)19-7-6-10-21(17-19)34-15-12-33(3)13-16-34/h6-7,10,17-18,20H,4-5,8-9,11-16H2,1-3H3,(H,31,37)(H2,27,29,30). The van der Waals surface area contributed by atoms with E-state index < -0.39 is 0 Å². The number of carbonyl (C=O) groups is 1. The molecule has 0 unspecified atom stereocenters. The molecule has 1 aliphatic carbocycles. The Kier molecular flexibility index (Phi) is 7.43. The van der Waals surface area contributed by atoms with Crippen molar-refractivity contribution in [3.05, 3.63) is 36.2 Å². The van der Waals surface area contributed by atoms with E-state index in [1.54, 1.807) is 6.33 Å². The average molecular weight is 507 g/mol. The molecular weight excluding hydrogens is 468 g/mol. The summed E-state index contributed by atoms with van der Waals surface area (Å²) in [6, 6.07) is 7.99. The molecule has 1 saturated heterocycles. The van der Waals surface area contributed by atoms with Gasteiger partial charge in [-0.2, -0.15) is 9.97 Å². The zero-order valence-electron chi connectivity index (χ0n) is 22.1. The van der Waals surface area contributed by atoms with Gasteiger partial charge in [0.05, 0.1) is 12.4 Å². The highest BCUT2D eigenvalue weighted by molar-refractivity contribution is 5.97. The van der Waals surface area contributed by atoms with E-state index in [-0.39, 0.29) is 17.9 Å². The number of piperazine rings is 1. The third-order valence-corrected chi connectivity index (χ3v) is 7.37. The number of rotatable bonds is 8. The lowest BCUT2D eigenvalue weighted by molar-refractivity contribution is 0.0944. The van der Waals surface area contributed by atoms with Gasteiger partial charge in [-0.15, -0.1) is 0 Å². The molecule has 3 heterocycles. The number of carbonyl (C=O) groups excluding carboxylic acids is 1. The summed E-state index contributed by atoms with van der Waals surface area (Å²) < 4.78 is 1.99. The summed E-state index contributed by atoms with van der Waals surface area (Å²) in [6.07, 6.45) is 5.93. The minimum Gasteiger partial charge on any atom is -0.369 e. The molecule has 2 aromatic heterocycles. The number of hydrogen-bond acceptors (Lipinski definition) is 9. The first kappa shape index (κ1) is 25.2. The molecule has 198 valence electrons. The molecule has 1 aromatic carbocycles. The van der Waals surface area contributed by atoms with E-state index in [9.17, 15) is 4.79 Å². The van der Waals surface area contributed by atoms with E-state index in [1.165, 1.54) is 0 Å². The minimum atomic E-state index is -0.166. The molecule has 0 radical (unpaired) electrons. The van der Waals surface area contributed by atoms with Crippen LogP contribution in [0.5, 0.6) is 0 Å². The molecule has 1 amide bonds. The van der Waals surface area contributed by atoms with Crippen molar-refractivity contribution < 1.29 is 4.79 Å². The second-order valence-corrected chi connectivity index (χ2v) is 10.4. The van der Waals surface area contributed by atoms with Gasteiger partial charge in [0, 0.05) is 50.5 Å². The number of amides is 1. The Morgan fingerprint density at radius 2 is 1.89 bits per heavy atom. The summed E-state index contributed by atoms with van der Waals surface area (Å²) in [5.74, 6) is 0.560. The van der Waals surface area contributed by atoms with Gasteiger partial charge in [-0.05, 0) is 52.2 Å². The molecule has 0 bridgehead atoms. The Morgan fingerprint density at radius 3 is 2.62 bits per heavy atom. The fourth-order valence-electron chi connectivity index (χ4n) is 5.15. The van der Waals surface area contributed by atoms with Gasteiger partial charge in [0.25, 0.3) is 5.91 Å². The average Bonchev–Trinajstić information content (AvgIpc) is 3.56. The fourth-order valence-corrected chi connectivity index (χ4v) is 5.15. The SMILES string of the molecule is CN(C)CCn1cnc2c(N(NC(=O)c3cccc(N4CCN(C)CC4)c3)C3CCCC3)nc(N)nc21. The third kappa shape index (κ3) is 5.62. The van der Waals surface area contributed by atoms with Crippen molar-refractivity contribution in [1.82, 2.24) is 34.7 Å². The van der Waals surface area contributed by atoms with Crippen molar-refractivity contribution >= 4 is 34.5 Å². The molecule has 11 heteroatoms. The summed E-state index contributed by atoms with van der Waals surface area (Å²) in [5, 5.41) is 1.89. The van der Waals surface area contributed by atoms with Crippen molar-refractivity contribution in [2.75, 3.05) is 69.5 Å². The highest BCUT2D eigenvalue weighted by Crippen LogP contribution is 2.30. The first-order valence-electron chi connectivity index (χ1n) is 13.2. The van der Waals surface area contributed by atoms with Crippen LogP contribution in [0.4, 0.5) is 17.5 Å². The van der Waals surface area contributed by atoms with Crippen LogP contribution in [0.2, 0.25) is 0 Å². The monoisotopic (exact) mass is 506 g/mol. The summed E-state index contributed by atoms with van der Waals surface area (Å²) in [4.78, 5) is 34.1. The number of benzene rings is 1. The molecule has 11 nitrogen and oxygen atoms in total. The number of nitrogens with zero attached hydrogens (tertiary/aromatic N) is 8. The normalized spacial score (nSPS) is 17.1. The van der Waals surface area contributed by atoms with Gasteiger partial charge in [-0.3, -0.25) is 15.2 Å². The third-order valence-electron chi connectivity index (χ3n) is 7.37. The molecular formula is C26H38N10O. The number of anilines is 3. The van der Waals surface area contributed by atoms with Crippen molar-refractivity contribution in [1.29, 1.82) is 0 Å². The van der Waals surface area contributed by atoms with E-state index in [0.29, 0.717) is 22.5 Å². The van der Waals surface area contributed by atoms with Gasteiger partial charge in [0.15, 0.2) is 17.0 Å². The van der Waals surface area contributed by atoms with Gasteiger partial charge in [0.1, 0.15) is 0 Å². The lowest BCUT2D eigenvalue weighted by Crippen LogP contribution is -2.48. The largest absolute Gasteiger partial charge is 0.369 e. The van der Waals surface area contributed by atoms with E-state index >= 15 is 0 Å². The van der Waals surface area contributed by atoms with Crippen molar-refractivity contribution in [3.8, 4) is 0 Å². The van der Waals surface area contributed by atoms with Gasteiger partial charge in [-0.25, -0.2) is 4.98 Å². The number of hydrogen-bond donors (Lipinski definition) is 2. The maximum atomic E-state index is 13.6. The van der Waals surface area contributed by atoms with Gasteiger partial charge in [0.2, 0.25) is 5.95 Å². The van der Waals surface area contributed by atoms with E-state index in [4.69, 9.17) is 5.73 Å².